The fourth-order valence-electron chi connectivity index (χ4n) is 3.03. The third kappa shape index (κ3) is 5.04. The Balaban J connectivity index is 1.56. The molecule has 1 amide bonds. The quantitative estimate of drug-likeness (QED) is 0.318. The van der Waals surface area contributed by atoms with E-state index >= 15 is 0 Å². The van der Waals surface area contributed by atoms with Gasteiger partial charge in [0.1, 0.15) is 5.76 Å². The van der Waals surface area contributed by atoms with Gasteiger partial charge in [0, 0.05) is 24.5 Å². The normalized spacial score (nSPS) is 17.7. The molecule has 1 atom stereocenters. The molecule has 0 aliphatic carbocycles. The molecule has 0 spiro atoms. The van der Waals surface area contributed by atoms with Crippen LogP contribution in [0.15, 0.2) is 81.8 Å². The molecule has 1 fully saturated rings. The van der Waals surface area contributed by atoms with E-state index in [0.29, 0.717) is 22.9 Å². The summed E-state index contributed by atoms with van der Waals surface area (Å²) in [5, 5.41) is 19.4. The first-order valence-electron chi connectivity index (χ1n) is 9.35. The van der Waals surface area contributed by atoms with Crippen LogP contribution in [0.3, 0.4) is 0 Å². The fraction of sp³-hybridized carbons (Fsp3) is 0.143. The molecule has 3 aromatic rings. The van der Waals surface area contributed by atoms with E-state index in [2.05, 4.69) is 15.2 Å². The van der Waals surface area contributed by atoms with Crippen molar-refractivity contribution in [1.29, 1.82) is 0 Å². The molecule has 0 radical (unpaired) electrons. The van der Waals surface area contributed by atoms with Crippen LogP contribution in [0, 0.1) is 10.1 Å². The summed E-state index contributed by atoms with van der Waals surface area (Å²) in [6.45, 7) is 0.230. The number of nitro benzene ring substituents is 1. The molecule has 1 saturated heterocycles. The summed E-state index contributed by atoms with van der Waals surface area (Å²) in [6, 6.07) is 13.4. The first kappa shape index (κ1) is 20.5. The Morgan fingerprint density at radius 3 is 2.81 bits per heavy atom. The lowest BCUT2D eigenvalue weighted by molar-refractivity contribution is -0.384. The Bertz CT molecular complexity index is 1130. The number of hydrogen-bond donors (Lipinski definition) is 0. The molecule has 0 unspecified atom stereocenters. The number of pyridine rings is 1. The van der Waals surface area contributed by atoms with Crippen molar-refractivity contribution in [3.05, 3.63) is 94.2 Å². The minimum atomic E-state index is -0.466. The van der Waals surface area contributed by atoms with Gasteiger partial charge in [-0.25, -0.2) is 0 Å². The average Bonchev–Trinajstić information content (AvgIpc) is 3.39. The lowest BCUT2D eigenvalue weighted by Crippen LogP contribution is -2.32. The summed E-state index contributed by atoms with van der Waals surface area (Å²) in [5.74, 6) is 0.474. The van der Waals surface area contributed by atoms with Gasteiger partial charge in [-0.15, -0.1) is 5.10 Å². The maximum atomic E-state index is 13.1. The number of carbonyl (C=O) groups excluding carboxylic acids is 1. The number of furan rings is 1. The molecular weight excluding hydrogens is 418 g/mol. The van der Waals surface area contributed by atoms with Crippen LogP contribution < -0.4 is 0 Å². The third-order valence-electron chi connectivity index (χ3n) is 4.51. The zero-order valence-electron chi connectivity index (χ0n) is 16.2. The van der Waals surface area contributed by atoms with Crippen LogP contribution in [-0.4, -0.2) is 37.3 Å². The van der Waals surface area contributed by atoms with Gasteiger partial charge in [0.15, 0.2) is 5.17 Å². The Hall–Kier alpha value is -3.79. The molecule has 1 aliphatic heterocycles. The van der Waals surface area contributed by atoms with E-state index < -0.39 is 10.2 Å². The van der Waals surface area contributed by atoms with Crippen molar-refractivity contribution in [3.8, 4) is 0 Å². The van der Waals surface area contributed by atoms with E-state index in [1.54, 1.807) is 61.3 Å². The minimum Gasteiger partial charge on any atom is -0.467 e. The number of amides is 1. The molecule has 1 aromatic carbocycles. The highest BCUT2D eigenvalue weighted by Gasteiger charge is 2.38. The van der Waals surface area contributed by atoms with Crippen LogP contribution in [0.5, 0.6) is 0 Å². The summed E-state index contributed by atoms with van der Waals surface area (Å²) in [5.41, 5.74) is 1.54. The topological polar surface area (TPSA) is 114 Å². The van der Waals surface area contributed by atoms with Crippen LogP contribution in [0.4, 0.5) is 5.69 Å². The standard InChI is InChI=1S/C21H17N5O4S/c27-20-19(12-16-3-1-4-17(11-16)26(28)29)31-21(25(20)14-18-5-2-10-30-18)24-23-13-15-6-8-22-9-7-15/h1-11,13,19H,12,14H2/b23-13-,24-21-/t19-/m0/s1. The van der Waals surface area contributed by atoms with Gasteiger partial charge < -0.3 is 4.42 Å². The van der Waals surface area contributed by atoms with Gasteiger partial charge in [-0.2, -0.15) is 5.10 Å². The van der Waals surface area contributed by atoms with Crippen LogP contribution in [0.25, 0.3) is 0 Å². The summed E-state index contributed by atoms with van der Waals surface area (Å²) < 4.78 is 5.38. The fourth-order valence-corrected chi connectivity index (χ4v) is 4.16. The first-order chi connectivity index (χ1) is 15.1. The third-order valence-corrected chi connectivity index (χ3v) is 5.68. The van der Waals surface area contributed by atoms with Crippen molar-refractivity contribution in [2.45, 2.75) is 18.2 Å². The van der Waals surface area contributed by atoms with Crippen molar-refractivity contribution in [2.24, 2.45) is 10.2 Å². The Morgan fingerprint density at radius 2 is 2.06 bits per heavy atom. The molecule has 9 nitrogen and oxygen atoms in total. The summed E-state index contributed by atoms with van der Waals surface area (Å²) in [4.78, 5) is 29.2. The molecule has 31 heavy (non-hydrogen) atoms. The molecule has 0 N–H and O–H groups in total. The molecule has 2 aromatic heterocycles. The number of benzene rings is 1. The van der Waals surface area contributed by atoms with Gasteiger partial charge in [-0.3, -0.25) is 24.8 Å². The second-order valence-corrected chi connectivity index (χ2v) is 7.82. The highest BCUT2D eigenvalue weighted by molar-refractivity contribution is 8.15. The molecule has 3 heterocycles. The molecule has 156 valence electrons. The van der Waals surface area contributed by atoms with Crippen LogP contribution in [-0.2, 0) is 17.8 Å². The van der Waals surface area contributed by atoms with Crippen molar-refractivity contribution in [3.63, 3.8) is 0 Å². The zero-order chi connectivity index (χ0) is 21.6. The van der Waals surface area contributed by atoms with E-state index in [-0.39, 0.29) is 18.1 Å². The molecule has 1 aliphatic rings. The monoisotopic (exact) mass is 435 g/mol. The van der Waals surface area contributed by atoms with Crippen molar-refractivity contribution < 1.29 is 14.1 Å². The molecular formula is C21H17N5O4S. The Labute approximate surface area is 181 Å². The number of thioether (sulfide) groups is 1. The average molecular weight is 435 g/mol. The second kappa shape index (κ2) is 9.35. The van der Waals surface area contributed by atoms with Crippen molar-refractivity contribution in [2.75, 3.05) is 0 Å². The van der Waals surface area contributed by atoms with Gasteiger partial charge in [0.25, 0.3) is 5.69 Å². The van der Waals surface area contributed by atoms with Crippen LogP contribution in [0.1, 0.15) is 16.9 Å². The van der Waals surface area contributed by atoms with Gasteiger partial charge in [-0.05, 0) is 41.8 Å². The molecule has 10 heteroatoms. The lowest BCUT2D eigenvalue weighted by Gasteiger charge is -2.14. The molecule has 0 bridgehead atoms. The van der Waals surface area contributed by atoms with E-state index in [0.717, 1.165) is 5.56 Å². The van der Waals surface area contributed by atoms with Gasteiger partial charge in [0.05, 0.1) is 29.2 Å². The van der Waals surface area contributed by atoms with E-state index in [4.69, 9.17) is 4.42 Å². The largest absolute Gasteiger partial charge is 0.467 e. The highest BCUT2D eigenvalue weighted by atomic mass is 32.2. The number of rotatable bonds is 7. The van der Waals surface area contributed by atoms with E-state index in [1.807, 2.05) is 0 Å². The molecule has 0 saturated carbocycles. The first-order valence-corrected chi connectivity index (χ1v) is 10.2. The summed E-state index contributed by atoms with van der Waals surface area (Å²) in [7, 11) is 0. The van der Waals surface area contributed by atoms with Gasteiger partial charge in [0.2, 0.25) is 5.91 Å². The number of carbonyl (C=O) groups is 1. The van der Waals surface area contributed by atoms with E-state index in [1.165, 1.54) is 28.8 Å². The SMILES string of the molecule is O=C1[C@H](Cc2cccc([N+](=O)[O-])c2)S/C(=N\N=C/c2ccncc2)N1Cc1ccco1. The predicted octanol–water partition coefficient (Wildman–Crippen LogP) is 3.66. The Morgan fingerprint density at radius 1 is 1.23 bits per heavy atom. The maximum absolute atomic E-state index is 13.1. The number of hydrogen-bond acceptors (Lipinski definition) is 8. The van der Waals surface area contributed by atoms with Crippen LogP contribution >= 0.6 is 11.8 Å². The summed E-state index contributed by atoms with van der Waals surface area (Å²) >= 11 is 1.28. The lowest BCUT2D eigenvalue weighted by atomic mass is 10.1. The number of aromatic nitrogens is 1. The number of non-ortho nitro benzene ring substituents is 1. The van der Waals surface area contributed by atoms with E-state index in [9.17, 15) is 14.9 Å². The number of nitro groups is 1. The van der Waals surface area contributed by atoms with Gasteiger partial charge in [-0.1, -0.05) is 23.9 Å². The second-order valence-electron chi connectivity index (χ2n) is 6.65. The smallest absolute Gasteiger partial charge is 0.269 e. The summed E-state index contributed by atoms with van der Waals surface area (Å²) in [6.07, 6.45) is 6.77. The highest BCUT2D eigenvalue weighted by Crippen LogP contribution is 2.32. The number of amidine groups is 1. The molecule has 4 rings (SSSR count). The number of nitrogens with zero attached hydrogens (tertiary/aromatic N) is 5. The maximum Gasteiger partial charge on any atom is 0.269 e. The van der Waals surface area contributed by atoms with Crippen molar-refractivity contribution in [1.82, 2.24) is 9.88 Å². The predicted molar refractivity (Wildman–Crippen MR) is 117 cm³/mol. The minimum absolute atomic E-state index is 0.00349. The Kier molecular flexibility index (Phi) is 6.18. The van der Waals surface area contributed by atoms with Gasteiger partial charge >= 0.3 is 0 Å². The van der Waals surface area contributed by atoms with Crippen LogP contribution in [0.2, 0.25) is 0 Å². The zero-order valence-corrected chi connectivity index (χ0v) is 17.0. The van der Waals surface area contributed by atoms with Crippen molar-refractivity contribution >= 4 is 34.7 Å².